The molecule has 13 aromatic rings. The summed E-state index contributed by atoms with van der Waals surface area (Å²) in [5, 5.41) is 8.26. The van der Waals surface area contributed by atoms with Gasteiger partial charge in [-0.3, -0.25) is 4.57 Å². The molecule has 0 spiro atoms. The molecule has 0 atom stereocenters. The third-order valence-corrected chi connectivity index (χ3v) is 11.5. The summed E-state index contributed by atoms with van der Waals surface area (Å²) in [5.41, 5.74) is 10.6. The van der Waals surface area contributed by atoms with Gasteiger partial charge in [0.2, 0.25) is 5.95 Å². The first-order valence-electron chi connectivity index (χ1n) is 19.3. The van der Waals surface area contributed by atoms with Crippen LogP contribution < -0.4 is 0 Å². The molecule has 270 valence electrons. The molecule has 0 radical (unpaired) electrons. The monoisotopic (exact) mass is 744 g/mol. The third kappa shape index (κ3) is 4.41. The van der Waals surface area contributed by atoms with Gasteiger partial charge in [-0.2, -0.15) is 9.97 Å². The molecule has 7 heteroatoms. The van der Waals surface area contributed by atoms with Crippen molar-refractivity contribution in [3.05, 3.63) is 170 Å². The molecule has 7 nitrogen and oxygen atoms in total. The SMILES string of the molecule is c1ccc(-c2cccc3oc4cc(-c5nc(-c6cccc7oc8ccccc8c67)nc(-n6c7ccccc7c7ccc8oc9ccccc9c8c76)n5)ccc4c23)cc1. The molecular weight excluding hydrogens is 717 g/mol. The number of hydrogen-bond acceptors (Lipinski definition) is 6. The zero-order chi connectivity index (χ0) is 37.9. The van der Waals surface area contributed by atoms with E-state index in [0.29, 0.717) is 17.6 Å². The molecule has 0 fully saturated rings. The van der Waals surface area contributed by atoms with Crippen molar-refractivity contribution in [2.45, 2.75) is 0 Å². The van der Waals surface area contributed by atoms with Crippen molar-refractivity contribution in [2.75, 3.05) is 0 Å². The number of para-hydroxylation sites is 3. The summed E-state index contributed by atoms with van der Waals surface area (Å²) in [6, 6.07) is 57.9. The Morgan fingerprint density at radius 3 is 1.71 bits per heavy atom. The maximum atomic E-state index is 6.59. The summed E-state index contributed by atoms with van der Waals surface area (Å²) >= 11 is 0. The van der Waals surface area contributed by atoms with Crippen molar-refractivity contribution in [3.8, 4) is 39.9 Å². The molecule has 5 heterocycles. The quantitative estimate of drug-likeness (QED) is 0.178. The van der Waals surface area contributed by atoms with Gasteiger partial charge in [-0.15, -0.1) is 0 Å². The van der Waals surface area contributed by atoms with E-state index in [2.05, 4.69) is 114 Å². The van der Waals surface area contributed by atoms with Gasteiger partial charge >= 0.3 is 0 Å². The Morgan fingerprint density at radius 1 is 0.345 bits per heavy atom. The Morgan fingerprint density at radius 2 is 0.914 bits per heavy atom. The summed E-state index contributed by atoms with van der Waals surface area (Å²) in [6.07, 6.45) is 0. The fourth-order valence-electron chi connectivity index (χ4n) is 8.97. The van der Waals surface area contributed by atoms with E-state index in [9.17, 15) is 0 Å². The summed E-state index contributed by atoms with van der Waals surface area (Å²) in [4.78, 5) is 16.0. The minimum absolute atomic E-state index is 0.491. The van der Waals surface area contributed by atoms with Crippen LogP contribution in [-0.2, 0) is 0 Å². The molecule has 0 bridgehead atoms. The number of benzene rings is 8. The van der Waals surface area contributed by atoms with Crippen LogP contribution in [0.4, 0.5) is 0 Å². The second-order valence-electron chi connectivity index (χ2n) is 14.7. The fourth-order valence-corrected chi connectivity index (χ4v) is 8.97. The van der Waals surface area contributed by atoms with E-state index >= 15 is 0 Å². The van der Waals surface area contributed by atoms with Gasteiger partial charge in [0.25, 0.3) is 0 Å². The van der Waals surface area contributed by atoms with Crippen LogP contribution in [0.2, 0.25) is 0 Å². The lowest BCUT2D eigenvalue weighted by atomic mass is 9.99. The third-order valence-electron chi connectivity index (χ3n) is 11.5. The van der Waals surface area contributed by atoms with E-state index in [1.807, 2.05) is 60.7 Å². The number of nitrogens with zero attached hydrogens (tertiary/aromatic N) is 4. The van der Waals surface area contributed by atoms with Crippen LogP contribution in [0.3, 0.4) is 0 Å². The van der Waals surface area contributed by atoms with Gasteiger partial charge < -0.3 is 13.3 Å². The van der Waals surface area contributed by atoms with Crippen LogP contribution in [0.5, 0.6) is 0 Å². The van der Waals surface area contributed by atoms with Gasteiger partial charge in [-0.25, -0.2) is 4.98 Å². The van der Waals surface area contributed by atoms with Crippen LogP contribution in [0.1, 0.15) is 0 Å². The van der Waals surface area contributed by atoms with E-state index in [4.69, 9.17) is 28.2 Å². The van der Waals surface area contributed by atoms with E-state index in [1.165, 1.54) is 0 Å². The van der Waals surface area contributed by atoms with Crippen molar-refractivity contribution < 1.29 is 13.3 Å². The summed E-state index contributed by atoms with van der Waals surface area (Å²) in [7, 11) is 0. The molecule has 8 aromatic carbocycles. The zero-order valence-electron chi connectivity index (χ0n) is 30.7. The number of furan rings is 3. The zero-order valence-corrected chi connectivity index (χ0v) is 30.7. The first kappa shape index (κ1) is 31.2. The maximum Gasteiger partial charge on any atom is 0.238 e. The van der Waals surface area contributed by atoms with Crippen LogP contribution >= 0.6 is 0 Å². The minimum atomic E-state index is 0.491. The van der Waals surface area contributed by atoms with Gasteiger partial charge in [-0.1, -0.05) is 115 Å². The maximum absolute atomic E-state index is 6.59. The lowest BCUT2D eigenvalue weighted by Gasteiger charge is -2.12. The van der Waals surface area contributed by atoms with E-state index in [-0.39, 0.29) is 0 Å². The number of fused-ring (bicyclic) bond motifs is 13. The highest BCUT2D eigenvalue weighted by atomic mass is 16.3. The van der Waals surface area contributed by atoms with Crippen molar-refractivity contribution in [1.29, 1.82) is 0 Å². The topological polar surface area (TPSA) is 83.0 Å². The highest BCUT2D eigenvalue weighted by molar-refractivity contribution is 6.24. The lowest BCUT2D eigenvalue weighted by molar-refractivity contribution is 0.668. The summed E-state index contributed by atoms with van der Waals surface area (Å²) < 4.78 is 21.5. The standard InChI is InChI=1S/C51H28N4O3/c1-2-12-29(13-3-1)31-17-10-22-41-45(31)36-25-24-30(28-44(36)58-41)49-52-50(37-18-11-23-42-46(37)34-15-5-8-20-39(34)56-42)54-51(53-49)55-38-19-7-4-14-32(38)33-26-27-43-47(48(33)55)35-16-6-9-21-40(35)57-43/h1-28H. The summed E-state index contributed by atoms with van der Waals surface area (Å²) in [6.45, 7) is 0. The molecule has 0 unspecified atom stereocenters. The highest BCUT2D eigenvalue weighted by Gasteiger charge is 2.24. The Labute approximate surface area is 329 Å². The van der Waals surface area contributed by atoms with Crippen LogP contribution in [0, 0.1) is 0 Å². The Hall–Kier alpha value is -8.03. The Kier molecular flexibility index (Phi) is 6.32. The first-order valence-corrected chi connectivity index (χ1v) is 19.3. The predicted octanol–water partition coefficient (Wildman–Crippen LogP) is 13.7. The van der Waals surface area contributed by atoms with Gasteiger partial charge in [0.1, 0.15) is 33.5 Å². The van der Waals surface area contributed by atoms with E-state index in [0.717, 1.165) is 110 Å². The van der Waals surface area contributed by atoms with Crippen LogP contribution in [0.15, 0.2) is 183 Å². The molecule has 58 heavy (non-hydrogen) atoms. The van der Waals surface area contributed by atoms with Crippen molar-refractivity contribution in [1.82, 2.24) is 19.5 Å². The Balaban J connectivity index is 1.12. The number of aromatic nitrogens is 4. The highest BCUT2D eigenvalue weighted by Crippen LogP contribution is 2.43. The summed E-state index contributed by atoms with van der Waals surface area (Å²) in [5.74, 6) is 1.54. The average Bonchev–Trinajstić information content (AvgIpc) is 4.05. The molecule has 0 saturated carbocycles. The van der Waals surface area contributed by atoms with Crippen LogP contribution in [-0.4, -0.2) is 19.5 Å². The molecule has 0 N–H and O–H groups in total. The molecule has 0 saturated heterocycles. The number of hydrogen-bond donors (Lipinski definition) is 0. The smallest absolute Gasteiger partial charge is 0.238 e. The van der Waals surface area contributed by atoms with Crippen molar-refractivity contribution >= 4 is 87.6 Å². The van der Waals surface area contributed by atoms with Gasteiger partial charge in [-0.05, 0) is 65.7 Å². The molecule has 13 rings (SSSR count). The van der Waals surface area contributed by atoms with Gasteiger partial charge in [0, 0.05) is 48.8 Å². The lowest BCUT2D eigenvalue weighted by Crippen LogP contribution is -2.06. The normalized spacial score (nSPS) is 12.1. The average molecular weight is 745 g/mol. The van der Waals surface area contributed by atoms with Crippen molar-refractivity contribution in [2.24, 2.45) is 0 Å². The largest absolute Gasteiger partial charge is 0.456 e. The van der Waals surface area contributed by atoms with Gasteiger partial charge in [0.15, 0.2) is 11.6 Å². The second kappa shape index (κ2) is 11.7. The van der Waals surface area contributed by atoms with E-state index < -0.39 is 0 Å². The molecular formula is C51H28N4O3. The molecule has 0 aliphatic carbocycles. The molecule has 0 amide bonds. The molecule has 0 aliphatic rings. The van der Waals surface area contributed by atoms with Crippen molar-refractivity contribution in [3.63, 3.8) is 0 Å². The minimum Gasteiger partial charge on any atom is -0.456 e. The molecule has 5 aromatic heterocycles. The fraction of sp³-hybridized carbons (Fsp3) is 0. The predicted molar refractivity (Wildman–Crippen MR) is 232 cm³/mol. The first-order chi connectivity index (χ1) is 28.7. The van der Waals surface area contributed by atoms with Crippen LogP contribution in [0.25, 0.3) is 127 Å². The van der Waals surface area contributed by atoms with E-state index in [1.54, 1.807) is 0 Å². The molecule has 0 aliphatic heterocycles. The number of rotatable bonds is 4. The Bertz CT molecular complexity index is 3810. The van der Waals surface area contributed by atoms with Gasteiger partial charge in [0.05, 0.1) is 16.4 Å². The second-order valence-corrected chi connectivity index (χ2v) is 14.7.